The highest BCUT2D eigenvalue weighted by atomic mass is 19.4. The standard InChI is InChI=1S/C15H18F3N3O2/c1-9(2)21-12-5-4-10(13(23)19-6-3-7-22)8-11(12)20-14(21)15(16,17)18/h4-5,8-9,22H,3,6-7H2,1-2H3,(H,19,23). The van der Waals surface area contributed by atoms with E-state index in [1.807, 2.05) is 0 Å². The second kappa shape index (κ2) is 6.57. The number of rotatable bonds is 5. The van der Waals surface area contributed by atoms with Gasteiger partial charge in [0.1, 0.15) is 0 Å². The molecule has 2 N–H and O–H groups in total. The maximum absolute atomic E-state index is 13.1. The molecule has 0 aliphatic rings. The Labute approximate surface area is 131 Å². The van der Waals surface area contributed by atoms with Gasteiger partial charge in [0.05, 0.1) is 11.0 Å². The van der Waals surface area contributed by atoms with E-state index in [2.05, 4.69) is 10.3 Å². The summed E-state index contributed by atoms with van der Waals surface area (Å²) in [6.07, 6.45) is -4.15. The van der Waals surface area contributed by atoms with Crippen LogP contribution in [0.3, 0.4) is 0 Å². The lowest BCUT2D eigenvalue weighted by Crippen LogP contribution is -2.24. The van der Waals surface area contributed by atoms with E-state index in [9.17, 15) is 18.0 Å². The Bertz CT molecular complexity index is 708. The van der Waals surface area contributed by atoms with Gasteiger partial charge in [0.15, 0.2) is 0 Å². The summed E-state index contributed by atoms with van der Waals surface area (Å²) in [5.74, 6) is -1.38. The van der Waals surface area contributed by atoms with Crippen LogP contribution in [-0.2, 0) is 6.18 Å². The third-order valence-corrected chi connectivity index (χ3v) is 3.34. The van der Waals surface area contributed by atoms with Gasteiger partial charge in [0.25, 0.3) is 5.91 Å². The van der Waals surface area contributed by atoms with Gasteiger partial charge in [0, 0.05) is 24.8 Å². The van der Waals surface area contributed by atoms with Gasteiger partial charge in [-0.05, 0) is 38.5 Å². The SMILES string of the molecule is CC(C)n1c(C(F)(F)F)nc2cc(C(=O)NCCCO)ccc21. The molecule has 0 unspecified atom stereocenters. The molecule has 5 nitrogen and oxygen atoms in total. The first kappa shape index (κ1) is 17.3. The Kier molecular flexibility index (Phi) is 4.93. The lowest BCUT2D eigenvalue weighted by Gasteiger charge is -2.14. The van der Waals surface area contributed by atoms with Crippen molar-refractivity contribution in [3.05, 3.63) is 29.6 Å². The van der Waals surface area contributed by atoms with E-state index >= 15 is 0 Å². The summed E-state index contributed by atoms with van der Waals surface area (Å²) in [6.45, 7) is 3.53. The van der Waals surface area contributed by atoms with Crippen LogP contribution in [0.15, 0.2) is 18.2 Å². The second-order valence-corrected chi connectivity index (χ2v) is 5.43. The minimum absolute atomic E-state index is 0.0486. The first-order valence-electron chi connectivity index (χ1n) is 7.24. The highest BCUT2D eigenvalue weighted by Gasteiger charge is 2.38. The molecular weight excluding hydrogens is 311 g/mol. The van der Waals surface area contributed by atoms with Gasteiger partial charge in [0.2, 0.25) is 5.82 Å². The molecule has 0 saturated carbocycles. The summed E-state index contributed by atoms with van der Waals surface area (Å²) in [5.41, 5.74) is 0.692. The number of alkyl halides is 3. The number of nitrogens with zero attached hydrogens (tertiary/aromatic N) is 2. The van der Waals surface area contributed by atoms with E-state index in [4.69, 9.17) is 5.11 Å². The topological polar surface area (TPSA) is 67.2 Å². The molecule has 1 aromatic heterocycles. The number of hydrogen-bond donors (Lipinski definition) is 2. The fourth-order valence-electron chi connectivity index (χ4n) is 2.35. The van der Waals surface area contributed by atoms with Crippen molar-refractivity contribution in [2.75, 3.05) is 13.2 Å². The van der Waals surface area contributed by atoms with Crippen LogP contribution in [0.25, 0.3) is 11.0 Å². The maximum atomic E-state index is 13.1. The molecule has 1 amide bonds. The molecule has 126 valence electrons. The monoisotopic (exact) mass is 329 g/mol. The summed E-state index contributed by atoms with van der Waals surface area (Å²) < 4.78 is 40.5. The van der Waals surface area contributed by atoms with Crippen LogP contribution in [0.1, 0.15) is 42.5 Å². The van der Waals surface area contributed by atoms with Crippen molar-refractivity contribution >= 4 is 16.9 Å². The van der Waals surface area contributed by atoms with E-state index in [0.717, 1.165) is 4.57 Å². The molecule has 0 aliphatic carbocycles. The third kappa shape index (κ3) is 3.64. The van der Waals surface area contributed by atoms with Gasteiger partial charge in [-0.15, -0.1) is 0 Å². The van der Waals surface area contributed by atoms with Crippen LogP contribution in [0, 0.1) is 0 Å². The molecule has 0 radical (unpaired) electrons. The Morgan fingerprint density at radius 2 is 2.09 bits per heavy atom. The minimum Gasteiger partial charge on any atom is -0.396 e. The van der Waals surface area contributed by atoms with Crippen molar-refractivity contribution < 1.29 is 23.1 Å². The van der Waals surface area contributed by atoms with Crippen molar-refractivity contribution in [1.82, 2.24) is 14.9 Å². The number of aliphatic hydroxyl groups excluding tert-OH is 1. The highest BCUT2D eigenvalue weighted by Crippen LogP contribution is 2.33. The predicted octanol–water partition coefficient (Wildman–Crippen LogP) is 2.75. The number of halogens is 3. The molecule has 0 atom stereocenters. The van der Waals surface area contributed by atoms with Gasteiger partial charge < -0.3 is 15.0 Å². The second-order valence-electron chi connectivity index (χ2n) is 5.43. The Morgan fingerprint density at radius 3 is 2.65 bits per heavy atom. The molecule has 2 aromatic rings. The molecule has 0 aliphatic heterocycles. The van der Waals surface area contributed by atoms with Gasteiger partial charge in [-0.1, -0.05) is 0 Å². The molecule has 2 rings (SSSR count). The molecule has 1 heterocycles. The molecule has 0 spiro atoms. The highest BCUT2D eigenvalue weighted by molar-refractivity contribution is 5.97. The van der Waals surface area contributed by atoms with Crippen LogP contribution in [0.5, 0.6) is 0 Å². The number of hydrogen-bond acceptors (Lipinski definition) is 3. The summed E-state index contributed by atoms with van der Waals surface area (Å²) >= 11 is 0. The van der Waals surface area contributed by atoms with Gasteiger partial charge in [-0.3, -0.25) is 4.79 Å². The zero-order valence-corrected chi connectivity index (χ0v) is 12.8. The van der Waals surface area contributed by atoms with Crippen LogP contribution in [0.2, 0.25) is 0 Å². The number of nitrogens with one attached hydrogen (secondary N) is 1. The first-order valence-corrected chi connectivity index (χ1v) is 7.24. The normalized spacial score (nSPS) is 12.1. The van der Waals surface area contributed by atoms with Crippen molar-refractivity contribution in [3.63, 3.8) is 0 Å². The van der Waals surface area contributed by atoms with E-state index in [-0.39, 0.29) is 17.7 Å². The fourth-order valence-corrected chi connectivity index (χ4v) is 2.35. The largest absolute Gasteiger partial charge is 0.449 e. The van der Waals surface area contributed by atoms with E-state index < -0.39 is 23.9 Å². The van der Waals surface area contributed by atoms with Crippen molar-refractivity contribution in [1.29, 1.82) is 0 Å². The number of carbonyl (C=O) groups is 1. The van der Waals surface area contributed by atoms with Crippen LogP contribution < -0.4 is 5.32 Å². The Hall–Kier alpha value is -2.09. The average molecular weight is 329 g/mol. The van der Waals surface area contributed by atoms with Crippen molar-refractivity contribution in [3.8, 4) is 0 Å². The summed E-state index contributed by atoms with van der Waals surface area (Å²) in [5, 5.41) is 11.3. The molecular formula is C15H18F3N3O2. The van der Waals surface area contributed by atoms with E-state index in [1.54, 1.807) is 13.8 Å². The molecule has 0 bridgehead atoms. The molecule has 8 heteroatoms. The number of carbonyl (C=O) groups excluding carboxylic acids is 1. The fraction of sp³-hybridized carbons (Fsp3) is 0.467. The zero-order valence-electron chi connectivity index (χ0n) is 12.8. The molecule has 0 saturated heterocycles. The summed E-state index contributed by atoms with van der Waals surface area (Å²) in [7, 11) is 0. The average Bonchev–Trinajstić information content (AvgIpc) is 2.86. The van der Waals surface area contributed by atoms with Crippen molar-refractivity contribution in [2.45, 2.75) is 32.5 Å². The van der Waals surface area contributed by atoms with Gasteiger partial charge in [-0.25, -0.2) is 4.98 Å². The first-order chi connectivity index (χ1) is 10.8. The number of aliphatic hydroxyl groups is 1. The van der Waals surface area contributed by atoms with E-state index in [1.165, 1.54) is 18.2 Å². The number of imidazole rings is 1. The minimum atomic E-state index is -4.56. The number of amides is 1. The van der Waals surface area contributed by atoms with E-state index in [0.29, 0.717) is 18.5 Å². The third-order valence-electron chi connectivity index (χ3n) is 3.34. The number of aromatic nitrogens is 2. The molecule has 1 aromatic carbocycles. The lowest BCUT2D eigenvalue weighted by molar-refractivity contribution is -0.147. The number of fused-ring (bicyclic) bond motifs is 1. The van der Waals surface area contributed by atoms with Crippen LogP contribution >= 0.6 is 0 Å². The molecule has 0 fully saturated rings. The smallest absolute Gasteiger partial charge is 0.396 e. The number of benzene rings is 1. The quantitative estimate of drug-likeness (QED) is 0.829. The molecule has 23 heavy (non-hydrogen) atoms. The van der Waals surface area contributed by atoms with Crippen LogP contribution in [-0.4, -0.2) is 33.7 Å². The Balaban J connectivity index is 2.43. The van der Waals surface area contributed by atoms with Gasteiger partial charge >= 0.3 is 6.18 Å². The maximum Gasteiger partial charge on any atom is 0.449 e. The summed E-state index contributed by atoms with van der Waals surface area (Å²) in [4.78, 5) is 15.6. The predicted molar refractivity (Wildman–Crippen MR) is 79.2 cm³/mol. The van der Waals surface area contributed by atoms with Gasteiger partial charge in [-0.2, -0.15) is 13.2 Å². The zero-order chi connectivity index (χ0) is 17.2. The van der Waals surface area contributed by atoms with Crippen LogP contribution in [0.4, 0.5) is 13.2 Å². The lowest BCUT2D eigenvalue weighted by atomic mass is 10.2. The Morgan fingerprint density at radius 1 is 1.39 bits per heavy atom. The summed E-state index contributed by atoms with van der Waals surface area (Å²) in [6, 6.07) is 3.87. The van der Waals surface area contributed by atoms with Crippen molar-refractivity contribution in [2.24, 2.45) is 0 Å².